The van der Waals surface area contributed by atoms with E-state index in [1.165, 1.54) is 18.3 Å². The summed E-state index contributed by atoms with van der Waals surface area (Å²) in [6, 6.07) is 9.97. The van der Waals surface area contributed by atoms with Crippen LogP contribution in [0.4, 0.5) is 0 Å². The van der Waals surface area contributed by atoms with Crippen LogP contribution in [0.5, 0.6) is 0 Å². The molecule has 0 unspecified atom stereocenters. The van der Waals surface area contributed by atoms with Crippen LogP contribution in [-0.2, 0) is 0 Å². The lowest BCUT2D eigenvalue weighted by Crippen LogP contribution is -2.21. The summed E-state index contributed by atoms with van der Waals surface area (Å²) in [7, 11) is 0. The number of carbonyl (C=O) groups excluding carboxylic acids is 1. The zero-order valence-electron chi connectivity index (χ0n) is 9.63. The predicted molar refractivity (Wildman–Crippen MR) is 74.1 cm³/mol. The molecule has 0 aliphatic carbocycles. The number of rotatable bonds is 3. The Morgan fingerprint density at radius 3 is 2.63 bits per heavy atom. The Balaban J connectivity index is 1.98. The molecule has 2 aromatic rings. The van der Waals surface area contributed by atoms with Gasteiger partial charge in [-0.3, -0.25) is 9.59 Å². The molecule has 0 aliphatic heterocycles. The lowest BCUT2D eigenvalue weighted by molar-refractivity contribution is 0.0949. The summed E-state index contributed by atoms with van der Waals surface area (Å²) in [5, 5.41) is 9.56. The third-order valence-corrected chi connectivity index (χ3v) is 2.69. The molecule has 0 bridgehead atoms. The van der Waals surface area contributed by atoms with Crippen molar-refractivity contribution in [1.29, 1.82) is 0 Å². The first-order chi connectivity index (χ1) is 9.15. The van der Waals surface area contributed by atoms with Crippen LogP contribution in [0.25, 0.3) is 0 Å². The van der Waals surface area contributed by atoms with Crippen molar-refractivity contribution in [1.82, 2.24) is 15.6 Å². The van der Waals surface area contributed by atoms with E-state index < -0.39 is 5.91 Å². The fourth-order valence-corrected chi connectivity index (χ4v) is 1.51. The minimum Gasteiger partial charge on any atom is -0.268 e. The zero-order chi connectivity index (χ0) is 13.7. The molecule has 0 spiro atoms. The highest BCUT2D eigenvalue weighted by Crippen LogP contribution is 2.08. The minimum absolute atomic E-state index is 0.0903. The predicted octanol–water partition coefficient (Wildman–Crippen LogP) is 1.30. The van der Waals surface area contributed by atoms with E-state index in [9.17, 15) is 9.59 Å². The number of carbonyl (C=O) groups is 1. The van der Waals surface area contributed by atoms with Crippen molar-refractivity contribution in [2.45, 2.75) is 0 Å². The number of H-pyrrole nitrogens is 1. The van der Waals surface area contributed by atoms with Gasteiger partial charge in [0.05, 0.1) is 6.21 Å². The number of nitrogens with zero attached hydrogens (tertiary/aromatic N) is 2. The first-order valence-corrected chi connectivity index (χ1v) is 6.09. The Labute approximate surface area is 116 Å². The average molecular weight is 321 g/mol. The molecule has 0 aliphatic rings. The minimum atomic E-state index is -0.496. The van der Waals surface area contributed by atoms with Crippen molar-refractivity contribution in [3.05, 3.63) is 62.5 Å². The number of hydrogen-bond donors (Lipinski definition) is 2. The third kappa shape index (κ3) is 3.85. The maximum atomic E-state index is 11.6. The van der Waals surface area contributed by atoms with Crippen molar-refractivity contribution >= 4 is 28.1 Å². The molecule has 0 atom stereocenters. The molecule has 0 fully saturated rings. The van der Waals surface area contributed by atoms with Crippen LogP contribution in [0.2, 0.25) is 0 Å². The van der Waals surface area contributed by atoms with Gasteiger partial charge in [0.2, 0.25) is 0 Å². The number of benzene rings is 1. The average Bonchev–Trinajstić information content (AvgIpc) is 2.41. The van der Waals surface area contributed by atoms with E-state index in [1.807, 2.05) is 24.3 Å². The summed E-state index contributed by atoms with van der Waals surface area (Å²) in [4.78, 5) is 22.4. The Hall–Kier alpha value is -2.28. The second kappa shape index (κ2) is 6.05. The summed E-state index contributed by atoms with van der Waals surface area (Å²) in [6.45, 7) is 0. The van der Waals surface area contributed by atoms with Gasteiger partial charge >= 0.3 is 0 Å². The van der Waals surface area contributed by atoms with Crippen LogP contribution in [-0.4, -0.2) is 22.3 Å². The molecule has 0 saturated carbocycles. The van der Waals surface area contributed by atoms with E-state index >= 15 is 0 Å². The molecule has 0 radical (unpaired) electrons. The maximum Gasteiger partial charge on any atom is 0.291 e. The standard InChI is InChI=1S/C12H9BrN4O2/c13-9-3-1-8(2-4-9)7-14-17-12(19)10-5-6-11(18)16-15-10/h1-7H,(H,16,18)(H,17,19)/b14-7+. The normalized spacial score (nSPS) is 10.6. The molecule has 6 nitrogen and oxygen atoms in total. The first-order valence-electron chi connectivity index (χ1n) is 5.30. The molecule has 96 valence electrons. The molecule has 2 N–H and O–H groups in total. The summed E-state index contributed by atoms with van der Waals surface area (Å²) in [6.07, 6.45) is 1.51. The van der Waals surface area contributed by atoms with Crippen LogP contribution in [0, 0.1) is 0 Å². The van der Waals surface area contributed by atoms with E-state index in [4.69, 9.17) is 0 Å². The SMILES string of the molecule is O=C(N/N=C/c1ccc(Br)cc1)c1ccc(=O)[nH]n1. The van der Waals surface area contributed by atoms with Crippen molar-refractivity contribution in [2.24, 2.45) is 5.10 Å². The van der Waals surface area contributed by atoms with Crippen LogP contribution in [0.1, 0.15) is 16.1 Å². The summed E-state index contributed by atoms with van der Waals surface area (Å²) in [5.74, 6) is -0.496. The van der Waals surface area contributed by atoms with Gasteiger partial charge in [0.1, 0.15) is 0 Å². The summed E-state index contributed by atoms with van der Waals surface area (Å²) in [5.41, 5.74) is 2.89. The van der Waals surface area contributed by atoms with Crippen molar-refractivity contribution < 1.29 is 4.79 Å². The topological polar surface area (TPSA) is 87.2 Å². The highest BCUT2D eigenvalue weighted by molar-refractivity contribution is 9.10. The van der Waals surface area contributed by atoms with Gasteiger partial charge in [-0.05, 0) is 23.8 Å². The number of amides is 1. The second-order valence-electron chi connectivity index (χ2n) is 3.56. The number of nitrogens with one attached hydrogen (secondary N) is 2. The highest BCUT2D eigenvalue weighted by atomic mass is 79.9. The van der Waals surface area contributed by atoms with Crippen LogP contribution in [0.15, 0.2) is 50.8 Å². The molecule has 1 aromatic carbocycles. The van der Waals surface area contributed by atoms with Gasteiger partial charge in [-0.1, -0.05) is 28.1 Å². The molecule has 1 amide bonds. The van der Waals surface area contributed by atoms with Gasteiger partial charge < -0.3 is 0 Å². The largest absolute Gasteiger partial charge is 0.291 e. The number of halogens is 1. The maximum absolute atomic E-state index is 11.6. The van der Waals surface area contributed by atoms with Gasteiger partial charge in [-0.2, -0.15) is 10.2 Å². The molecule has 1 aromatic heterocycles. The Kier molecular flexibility index (Phi) is 4.19. The smallest absolute Gasteiger partial charge is 0.268 e. The molecular weight excluding hydrogens is 312 g/mol. The number of aromatic amines is 1. The fraction of sp³-hybridized carbons (Fsp3) is 0. The van der Waals surface area contributed by atoms with Gasteiger partial charge in [0.25, 0.3) is 11.5 Å². The van der Waals surface area contributed by atoms with E-state index in [0.717, 1.165) is 10.0 Å². The van der Waals surface area contributed by atoms with E-state index in [1.54, 1.807) is 0 Å². The second-order valence-corrected chi connectivity index (χ2v) is 4.47. The first kappa shape index (κ1) is 13.2. The van der Waals surface area contributed by atoms with Gasteiger partial charge in [-0.25, -0.2) is 10.5 Å². The molecule has 7 heteroatoms. The van der Waals surface area contributed by atoms with Crippen LogP contribution >= 0.6 is 15.9 Å². The van der Waals surface area contributed by atoms with E-state index in [2.05, 4.69) is 36.7 Å². The van der Waals surface area contributed by atoms with Gasteiger partial charge in [0.15, 0.2) is 5.69 Å². The van der Waals surface area contributed by atoms with Crippen molar-refractivity contribution in [2.75, 3.05) is 0 Å². The van der Waals surface area contributed by atoms with Gasteiger partial charge in [0, 0.05) is 10.5 Å². The van der Waals surface area contributed by atoms with Crippen molar-refractivity contribution in [3.8, 4) is 0 Å². The Morgan fingerprint density at radius 1 is 1.26 bits per heavy atom. The molecule has 1 heterocycles. The lowest BCUT2D eigenvalue weighted by Gasteiger charge is -1.97. The third-order valence-electron chi connectivity index (χ3n) is 2.16. The van der Waals surface area contributed by atoms with Crippen LogP contribution in [0.3, 0.4) is 0 Å². The lowest BCUT2D eigenvalue weighted by atomic mass is 10.2. The summed E-state index contributed by atoms with van der Waals surface area (Å²) >= 11 is 3.32. The highest BCUT2D eigenvalue weighted by Gasteiger charge is 2.04. The summed E-state index contributed by atoms with van der Waals surface area (Å²) < 4.78 is 0.964. The quantitative estimate of drug-likeness (QED) is 0.660. The zero-order valence-corrected chi connectivity index (χ0v) is 11.2. The molecular formula is C12H9BrN4O2. The molecule has 19 heavy (non-hydrogen) atoms. The Bertz CT molecular complexity index is 644. The number of aromatic nitrogens is 2. The van der Waals surface area contributed by atoms with E-state index in [0.29, 0.717) is 0 Å². The monoisotopic (exact) mass is 320 g/mol. The van der Waals surface area contributed by atoms with E-state index in [-0.39, 0.29) is 11.3 Å². The number of hydrazone groups is 1. The molecule has 0 saturated heterocycles. The number of hydrogen-bond acceptors (Lipinski definition) is 4. The van der Waals surface area contributed by atoms with Crippen molar-refractivity contribution in [3.63, 3.8) is 0 Å². The van der Waals surface area contributed by atoms with Gasteiger partial charge in [-0.15, -0.1) is 0 Å². The fourth-order valence-electron chi connectivity index (χ4n) is 1.24. The Morgan fingerprint density at radius 2 is 2.00 bits per heavy atom. The van der Waals surface area contributed by atoms with Crippen LogP contribution < -0.4 is 11.0 Å². The molecule has 2 rings (SSSR count).